The van der Waals surface area contributed by atoms with Crippen LogP contribution in [-0.4, -0.2) is 35.5 Å². The maximum Gasteiger partial charge on any atom is 0.253 e. The van der Waals surface area contributed by atoms with E-state index >= 15 is 0 Å². The van der Waals surface area contributed by atoms with Gasteiger partial charge in [0.1, 0.15) is 5.82 Å². The van der Waals surface area contributed by atoms with E-state index < -0.39 is 0 Å². The van der Waals surface area contributed by atoms with Crippen LogP contribution in [0.5, 0.6) is 0 Å². The van der Waals surface area contributed by atoms with Gasteiger partial charge < -0.3 is 21.4 Å². The molecule has 0 radical (unpaired) electrons. The number of aromatic nitrogens is 2. The average Bonchev–Trinajstić information content (AvgIpc) is 2.91. The van der Waals surface area contributed by atoms with Crippen molar-refractivity contribution in [1.29, 1.82) is 0 Å². The first kappa shape index (κ1) is 12.7. The third kappa shape index (κ3) is 2.37. The number of fused-ring (bicyclic) bond motifs is 1. The number of nitrogens with zero attached hydrogens (tertiary/aromatic N) is 1. The highest BCUT2D eigenvalue weighted by Crippen LogP contribution is 2.25. The van der Waals surface area contributed by atoms with Gasteiger partial charge in [0.15, 0.2) is 0 Å². The summed E-state index contributed by atoms with van der Waals surface area (Å²) in [5.41, 5.74) is 9.14. The summed E-state index contributed by atoms with van der Waals surface area (Å²) in [7, 11) is 0. The Kier molecular flexibility index (Phi) is 3.39. The minimum Gasteiger partial charge on any atom is -0.369 e. The topological polar surface area (TPSA) is 95.8 Å². The van der Waals surface area contributed by atoms with Gasteiger partial charge in [0.2, 0.25) is 0 Å². The number of rotatable bonds is 4. The SMILES string of the molecule is NCCNc1cc(-c2cc3c([nH]2)CCNC3=O)ccn1. The number of carbonyl (C=O) groups excluding carboxylic acids is 1. The molecule has 6 nitrogen and oxygen atoms in total. The zero-order chi connectivity index (χ0) is 13.9. The molecule has 0 saturated carbocycles. The van der Waals surface area contributed by atoms with Gasteiger partial charge in [0.05, 0.1) is 5.56 Å². The molecule has 0 bridgehead atoms. The molecule has 1 amide bonds. The van der Waals surface area contributed by atoms with Crippen molar-refractivity contribution in [3.63, 3.8) is 0 Å². The van der Waals surface area contributed by atoms with Crippen LogP contribution in [0.25, 0.3) is 11.3 Å². The van der Waals surface area contributed by atoms with Crippen molar-refractivity contribution in [3.8, 4) is 11.3 Å². The van der Waals surface area contributed by atoms with E-state index in [1.165, 1.54) is 0 Å². The number of carbonyl (C=O) groups is 1. The van der Waals surface area contributed by atoms with E-state index in [1.807, 2.05) is 18.2 Å². The lowest BCUT2D eigenvalue weighted by molar-refractivity contribution is 0.0946. The van der Waals surface area contributed by atoms with Crippen molar-refractivity contribution in [3.05, 3.63) is 35.7 Å². The third-order valence-electron chi connectivity index (χ3n) is 3.33. The summed E-state index contributed by atoms with van der Waals surface area (Å²) in [4.78, 5) is 19.3. The Morgan fingerprint density at radius 3 is 3.10 bits per heavy atom. The summed E-state index contributed by atoms with van der Waals surface area (Å²) in [6.45, 7) is 1.93. The molecule has 0 aliphatic carbocycles. The number of nitrogens with one attached hydrogen (secondary N) is 3. The molecule has 0 atom stereocenters. The predicted molar refractivity (Wildman–Crippen MR) is 77.6 cm³/mol. The van der Waals surface area contributed by atoms with Gasteiger partial charge in [-0.25, -0.2) is 4.98 Å². The molecule has 0 saturated heterocycles. The van der Waals surface area contributed by atoms with Crippen molar-refractivity contribution in [2.75, 3.05) is 25.0 Å². The van der Waals surface area contributed by atoms with Crippen LogP contribution in [0, 0.1) is 0 Å². The maximum absolute atomic E-state index is 11.8. The summed E-state index contributed by atoms with van der Waals surface area (Å²) in [6.07, 6.45) is 2.58. The molecule has 6 heteroatoms. The summed E-state index contributed by atoms with van der Waals surface area (Å²) >= 11 is 0. The molecule has 1 aliphatic rings. The van der Waals surface area contributed by atoms with Crippen LogP contribution in [0.2, 0.25) is 0 Å². The summed E-state index contributed by atoms with van der Waals surface area (Å²) < 4.78 is 0. The van der Waals surface area contributed by atoms with Crippen molar-refractivity contribution in [2.24, 2.45) is 5.73 Å². The van der Waals surface area contributed by atoms with Crippen LogP contribution in [0.3, 0.4) is 0 Å². The molecule has 5 N–H and O–H groups in total. The first-order valence-electron chi connectivity index (χ1n) is 6.68. The molecule has 2 aromatic rings. The minimum absolute atomic E-state index is 0.00992. The van der Waals surface area contributed by atoms with E-state index in [4.69, 9.17) is 5.73 Å². The van der Waals surface area contributed by atoms with E-state index in [0.29, 0.717) is 19.6 Å². The number of amides is 1. The van der Waals surface area contributed by atoms with Gasteiger partial charge in [-0.05, 0) is 18.2 Å². The van der Waals surface area contributed by atoms with Gasteiger partial charge in [-0.3, -0.25) is 4.79 Å². The van der Waals surface area contributed by atoms with Gasteiger partial charge in [0, 0.05) is 49.2 Å². The first-order valence-corrected chi connectivity index (χ1v) is 6.68. The highest BCUT2D eigenvalue weighted by Gasteiger charge is 2.19. The van der Waals surface area contributed by atoms with Crippen LogP contribution in [0.4, 0.5) is 5.82 Å². The molecule has 3 heterocycles. The van der Waals surface area contributed by atoms with Crippen molar-refractivity contribution in [1.82, 2.24) is 15.3 Å². The first-order chi connectivity index (χ1) is 9.78. The zero-order valence-corrected chi connectivity index (χ0v) is 11.1. The zero-order valence-electron chi connectivity index (χ0n) is 11.1. The number of aromatic amines is 1. The molecule has 0 fully saturated rings. The lowest BCUT2D eigenvalue weighted by Gasteiger charge is -2.11. The molecule has 0 unspecified atom stereocenters. The number of anilines is 1. The lowest BCUT2D eigenvalue weighted by atomic mass is 10.1. The van der Waals surface area contributed by atoms with Crippen LogP contribution in [0.1, 0.15) is 16.1 Å². The van der Waals surface area contributed by atoms with Crippen molar-refractivity contribution >= 4 is 11.7 Å². The maximum atomic E-state index is 11.8. The van der Waals surface area contributed by atoms with Crippen molar-refractivity contribution in [2.45, 2.75) is 6.42 Å². The molecule has 20 heavy (non-hydrogen) atoms. The summed E-state index contributed by atoms with van der Waals surface area (Å²) in [5, 5.41) is 5.99. The summed E-state index contributed by atoms with van der Waals surface area (Å²) in [5.74, 6) is 0.772. The summed E-state index contributed by atoms with van der Waals surface area (Å²) in [6, 6.07) is 5.76. The second-order valence-corrected chi connectivity index (χ2v) is 4.73. The van der Waals surface area contributed by atoms with Gasteiger partial charge >= 0.3 is 0 Å². The van der Waals surface area contributed by atoms with Gasteiger partial charge in [-0.15, -0.1) is 0 Å². The molecule has 3 rings (SSSR count). The molecule has 0 spiro atoms. The van der Waals surface area contributed by atoms with E-state index in [-0.39, 0.29) is 5.91 Å². The Morgan fingerprint density at radius 1 is 1.40 bits per heavy atom. The van der Waals surface area contributed by atoms with Crippen LogP contribution < -0.4 is 16.4 Å². The van der Waals surface area contributed by atoms with Gasteiger partial charge in [-0.1, -0.05) is 0 Å². The number of hydrogen-bond acceptors (Lipinski definition) is 4. The Morgan fingerprint density at radius 2 is 2.30 bits per heavy atom. The second kappa shape index (κ2) is 5.34. The Labute approximate surface area is 116 Å². The van der Waals surface area contributed by atoms with Crippen LogP contribution >= 0.6 is 0 Å². The fourth-order valence-electron chi connectivity index (χ4n) is 2.34. The number of nitrogens with two attached hydrogens (primary N) is 1. The predicted octanol–water partition coefficient (Wildman–Crippen LogP) is 0.733. The fourth-order valence-corrected chi connectivity index (χ4v) is 2.34. The quantitative estimate of drug-likeness (QED) is 0.659. The van der Waals surface area contributed by atoms with E-state index in [9.17, 15) is 4.79 Å². The minimum atomic E-state index is -0.00992. The largest absolute Gasteiger partial charge is 0.369 e. The van der Waals surface area contributed by atoms with Gasteiger partial charge in [-0.2, -0.15) is 0 Å². The van der Waals surface area contributed by atoms with Gasteiger partial charge in [0.25, 0.3) is 5.91 Å². The van der Waals surface area contributed by atoms with Crippen LogP contribution in [-0.2, 0) is 6.42 Å². The van der Waals surface area contributed by atoms with E-state index in [1.54, 1.807) is 6.20 Å². The highest BCUT2D eigenvalue weighted by molar-refractivity contribution is 5.97. The molecule has 104 valence electrons. The Balaban J connectivity index is 1.91. The third-order valence-corrected chi connectivity index (χ3v) is 3.33. The van der Waals surface area contributed by atoms with E-state index in [2.05, 4.69) is 20.6 Å². The van der Waals surface area contributed by atoms with Crippen molar-refractivity contribution < 1.29 is 4.79 Å². The highest BCUT2D eigenvalue weighted by atomic mass is 16.1. The molecule has 0 aromatic carbocycles. The monoisotopic (exact) mass is 271 g/mol. The van der Waals surface area contributed by atoms with Crippen LogP contribution in [0.15, 0.2) is 24.4 Å². The number of H-pyrrole nitrogens is 1. The molecule has 2 aromatic heterocycles. The lowest BCUT2D eigenvalue weighted by Crippen LogP contribution is -2.31. The fraction of sp³-hybridized carbons (Fsp3) is 0.286. The normalized spacial score (nSPS) is 13.8. The standard InChI is InChI=1S/C14H17N5O/c15-3-6-17-13-7-9(1-4-16-13)12-8-10-11(19-12)2-5-18-14(10)20/h1,4,7-8,19H,2-3,5-6,15H2,(H,16,17)(H,18,20). The second-order valence-electron chi connectivity index (χ2n) is 4.73. The molecule has 1 aliphatic heterocycles. The Bertz CT molecular complexity index is 634. The number of hydrogen-bond donors (Lipinski definition) is 4. The average molecular weight is 271 g/mol. The Hall–Kier alpha value is -2.34. The van der Waals surface area contributed by atoms with E-state index in [0.717, 1.165) is 34.8 Å². The number of pyridine rings is 1. The molecular formula is C14H17N5O. The molecular weight excluding hydrogens is 254 g/mol. The smallest absolute Gasteiger partial charge is 0.253 e.